The van der Waals surface area contributed by atoms with Gasteiger partial charge in [-0.15, -0.1) is 11.3 Å². The van der Waals surface area contributed by atoms with E-state index in [0.29, 0.717) is 0 Å². The molecule has 10 rings (SSSR count). The van der Waals surface area contributed by atoms with Gasteiger partial charge in [0.15, 0.2) is 5.82 Å². The van der Waals surface area contributed by atoms with Crippen LogP contribution in [0.3, 0.4) is 0 Å². The maximum Gasteiger partial charge on any atom is 0.160 e. The Kier molecular flexibility index (Phi) is 5.19. The summed E-state index contributed by atoms with van der Waals surface area (Å²) in [7, 11) is 0. The molecule has 3 heteroatoms. The van der Waals surface area contributed by atoms with Crippen molar-refractivity contribution in [3.63, 3.8) is 0 Å². The second-order valence-electron chi connectivity index (χ2n) is 11.7. The van der Waals surface area contributed by atoms with Gasteiger partial charge in [0.2, 0.25) is 0 Å². The highest BCUT2D eigenvalue weighted by atomic mass is 32.1. The zero-order chi connectivity index (χ0) is 29.5. The van der Waals surface area contributed by atoms with E-state index in [2.05, 4.69) is 146 Å². The molecule has 0 bridgehead atoms. The lowest BCUT2D eigenvalue weighted by Crippen LogP contribution is -1.96. The Hall–Kier alpha value is -5.64. The van der Waals surface area contributed by atoms with Crippen LogP contribution >= 0.6 is 11.3 Å². The molecule has 0 atom stereocenters. The third kappa shape index (κ3) is 3.62. The molecule has 2 heterocycles. The van der Waals surface area contributed by atoms with Crippen molar-refractivity contribution < 1.29 is 0 Å². The Bertz CT molecular complexity index is 2780. The monoisotopic (exact) mass is 588 g/mol. The van der Waals surface area contributed by atoms with E-state index < -0.39 is 0 Å². The number of fused-ring (bicyclic) bond motifs is 13. The number of nitrogens with zero attached hydrogens (tertiary/aromatic N) is 2. The molecule has 8 aromatic carbocycles. The maximum absolute atomic E-state index is 5.43. The van der Waals surface area contributed by atoms with Crippen LogP contribution in [0.1, 0.15) is 0 Å². The molecule has 0 aliphatic heterocycles. The van der Waals surface area contributed by atoms with E-state index in [-0.39, 0.29) is 0 Å². The Morgan fingerprint density at radius 2 is 0.956 bits per heavy atom. The second-order valence-corrected chi connectivity index (χ2v) is 12.8. The van der Waals surface area contributed by atoms with Crippen molar-refractivity contribution in [2.75, 3.05) is 0 Å². The average molecular weight is 589 g/mol. The Morgan fingerprint density at radius 1 is 0.378 bits per heavy atom. The molecule has 208 valence electrons. The average Bonchev–Trinajstić information content (AvgIpc) is 3.51. The first kappa shape index (κ1) is 24.8. The summed E-state index contributed by atoms with van der Waals surface area (Å²) in [6, 6.07) is 52.3. The van der Waals surface area contributed by atoms with Crippen LogP contribution in [0.25, 0.3) is 96.8 Å². The van der Waals surface area contributed by atoms with Gasteiger partial charge in [-0.05, 0) is 67.4 Å². The van der Waals surface area contributed by atoms with Crippen LogP contribution in [0.2, 0.25) is 0 Å². The molecule has 0 N–H and O–H groups in total. The van der Waals surface area contributed by atoms with Crippen molar-refractivity contribution in [1.29, 1.82) is 0 Å². The third-order valence-corrected chi connectivity index (χ3v) is 10.4. The zero-order valence-corrected chi connectivity index (χ0v) is 25.0. The fourth-order valence-corrected chi connectivity index (χ4v) is 8.33. The molecule has 0 saturated heterocycles. The van der Waals surface area contributed by atoms with E-state index in [1.165, 1.54) is 63.3 Å². The molecular formula is C42H24N2S. The van der Waals surface area contributed by atoms with Crippen LogP contribution in [0, 0.1) is 0 Å². The van der Waals surface area contributed by atoms with Crippen molar-refractivity contribution in [3.8, 4) is 22.6 Å². The normalized spacial score (nSPS) is 12.0. The summed E-state index contributed by atoms with van der Waals surface area (Å²) >= 11 is 1.84. The van der Waals surface area contributed by atoms with Gasteiger partial charge >= 0.3 is 0 Å². The van der Waals surface area contributed by atoms with E-state index >= 15 is 0 Å². The van der Waals surface area contributed by atoms with E-state index in [1.54, 1.807) is 0 Å². The largest absolute Gasteiger partial charge is 0.227 e. The van der Waals surface area contributed by atoms with Gasteiger partial charge in [-0.1, -0.05) is 121 Å². The van der Waals surface area contributed by atoms with Gasteiger partial charge in [-0.3, -0.25) is 0 Å². The highest BCUT2D eigenvalue weighted by Gasteiger charge is 2.19. The van der Waals surface area contributed by atoms with Gasteiger partial charge in [-0.2, -0.15) is 0 Å². The first-order valence-electron chi connectivity index (χ1n) is 15.3. The standard InChI is InChI=1S/C42H24N2S/c1-2-11-26(12-3-1)40-34-21-23-37-39(38-28-13-5-4-10-25(28)19-22-36(38)45-37)41(34)44-42(43-40)27-18-20-33-31-16-7-6-14-29(31)30-15-8-9-17-32(30)35(33)24-27/h1-24H. The highest BCUT2D eigenvalue weighted by molar-refractivity contribution is 7.26. The summed E-state index contributed by atoms with van der Waals surface area (Å²) < 4.78 is 2.52. The van der Waals surface area contributed by atoms with Crippen LogP contribution in [-0.4, -0.2) is 9.97 Å². The maximum atomic E-state index is 5.43. The van der Waals surface area contributed by atoms with Crippen molar-refractivity contribution in [2.24, 2.45) is 0 Å². The minimum atomic E-state index is 0.743. The molecule has 0 spiro atoms. The molecule has 45 heavy (non-hydrogen) atoms. The molecule has 0 amide bonds. The summed E-state index contributed by atoms with van der Waals surface area (Å²) in [4.78, 5) is 10.8. The number of rotatable bonds is 2. The molecule has 0 aliphatic carbocycles. The van der Waals surface area contributed by atoms with Crippen LogP contribution in [0.4, 0.5) is 0 Å². The molecule has 10 aromatic rings. The van der Waals surface area contributed by atoms with Gasteiger partial charge in [0, 0.05) is 36.7 Å². The Morgan fingerprint density at radius 3 is 1.71 bits per heavy atom. The first-order chi connectivity index (χ1) is 22.3. The number of benzene rings is 8. The van der Waals surface area contributed by atoms with Gasteiger partial charge in [0.25, 0.3) is 0 Å². The number of hydrogen-bond acceptors (Lipinski definition) is 3. The van der Waals surface area contributed by atoms with Crippen molar-refractivity contribution >= 4 is 85.5 Å². The molecule has 0 fully saturated rings. The fraction of sp³-hybridized carbons (Fsp3) is 0. The zero-order valence-electron chi connectivity index (χ0n) is 24.2. The van der Waals surface area contributed by atoms with Crippen LogP contribution in [0.5, 0.6) is 0 Å². The highest BCUT2D eigenvalue weighted by Crippen LogP contribution is 2.44. The number of aromatic nitrogens is 2. The molecule has 0 saturated carbocycles. The SMILES string of the molecule is c1ccc(-c2nc(-c3ccc4c5ccccc5c5ccccc5c4c3)nc3c2ccc2sc4ccc5ccccc5c4c23)cc1. The Balaban J connectivity index is 1.34. The van der Waals surface area contributed by atoms with Crippen molar-refractivity contribution in [1.82, 2.24) is 9.97 Å². The summed E-state index contributed by atoms with van der Waals surface area (Å²) in [5.74, 6) is 0.743. The number of hydrogen-bond donors (Lipinski definition) is 0. The van der Waals surface area contributed by atoms with Gasteiger partial charge in [-0.25, -0.2) is 9.97 Å². The fourth-order valence-electron chi connectivity index (χ4n) is 7.21. The Labute approximate surface area is 262 Å². The smallest absolute Gasteiger partial charge is 0.160 e. The summed E-state index contributed by atoms with van der Waals surface area (Å²) in [5, 5.41) is 13.6. The van der Waals surface area contributed by atoms with E-state index in [4.69, 9.17) is 9.97 Å². The summed E-state index contributed by atoms with van der Waals surface area (Å²) in [6.07, 6.45) is 0. The number of thiophene rings is 1. The molecule has 2 nitrogen and oxygen atoms in total. The molecule has 0 unspecified atom stereocenters. The van der Waals surface area contributed by atoms with Crippen LogP contribution in [-0.2, 0) is 0 Å². The van der Waals surface area contributed by atoms with Gasteiger partial charge in [0.05, 0.1) is 11.2 Å². The van der Waals surface area contributed by atoms with Crippen LogP contribution < -0.4 is 0 Å². The third-order valence-electron chi connectivity index (χ3n) is 9.24. The minimum absolute atomic E-state index is 0.743. The summed E-state index contributed by atoms with van der Waals surface area (Å²) in [5.41, 5.74) is 4.07. The molecule has 2 aromatic heterocycles. The predicted octanol–water partition coefficient (Wildman–Crippen LogP) is 11.9. The molecule has 0 aliphatic rings. The molecule has 0 radical (unpaired) electrons. The van der Waals surface area contributed by atoms with Gasteiger partial charge in [0.1, 0.15) is 0 Å². The lowest BCUT2D eigenvalue weighted by molar-refractivity contribution is 1.24. The molecular weight excluding hydrogens is 565 g/mol. The predicted molar refractivity (Wildman–Crippen MR) is 193 cm³/mol. The first-order valence-corrected chi connectivity index (χ1v) is 16.1. The second kappa shape index (κ2) is 9.43. The topological polar surface area (TPSA) is 25.8 Å². The van der Waals surface area contributed by atoms with E-state index in [1.807, 2.05) is 11.3 Å². The quantitative estimate of drug-likeness (QED) is 0.188. The van der Waals surface area contributed by atoms with E-state index in [0.717, 1.165) is 33.5 Å². The van der Waals surface area contributed by atoms with Gasteiger partial charge < -0.3 is 0 Å². The lowest BCUT2D eigenvalue weighted by atomic mass is 9.93. The summed E-state index contributed by atoms with van der Waals surface area (Å²) in [6.45, 7) is 0. The lowest BCUT2D eigenvalue weighted by Gasteiger charge is -2.13. The minimum Gasteiger partial charge on any atom is -0.227 e. The van der Waals surface area contributed by atoms with E-state index in [9.17, 15) is 0 Å². The van der Waals surface area contributed by atoms with Crippen LogP contribution in [0.15, 0.2) is 146 Å². The van der Waals surface area contributed by atoms with Crippen molar-refractivity contribution in [3.05, 3.63) is 146 Å². The van der Waals surface area contributed by atoms with Crippen molar-refractivity contribution in [2.45, 2.75) is 0 Å².